The van der Waals surface area contributed by atoms with Crippen LogP contribution in [0.25, 0.3) is 11.1 Å². The third kappa shape index (κ3) is 3.52. The van der Waals surface area contributed by atoms with Gasteiger partial charge in [-0.3, -0.25) is 0 Å². The van der Waals surface area contributed by atoms with Gasteiger partial charge < -0.3 is 10.2 Å². The Bertz CT molecular complexity index is 976. The highest BCUT2D eigenvalue weighted by Crippen LogP contribution is 2.44. The van der Waals surface area contributed by atoms with E-state index < -0.39 is 0 Å². The van der Waals surface area contributed by atoms with Crippen LogP contribution in [0.3, 0.4) is 0 Å². The molecule has 4 heteroatoms. The Morgan fingerprint density at radius 1 is 0.852 bits per heavy atom. The zero-order chi connectivity index (χ0) is 19.0. The fraction of sp³-hybridized carbons (Fsp3) is 0.217. The van der Waals surface area contributed by atoms with Crippen LogP contribution in [0.4, 0.5) is 17.1 Å². The molecule has 0 spiro atoms. The Hall–Kier alpha value is -2.16. The zero-order valence-corrected chi connectivity index (χ0v) is 17.0. The lowest BCUT2D eigenvalue weighted by molar-refractivity contribution is 0.866. The number of nitrogens with zero attached hydrogens (tertiary/aromatic N) is 1. The maximum atomic E-state index is 6.48. The first kappa shape index (κ1) is 18.2. The lowest BCUT2D eigenvalue weighted by atomic mass is 10.0. The number of nitrogens with one attached hydrogen (secondary N) is 1. The predicted octanol–water partition coefficient (Wildman–Crippen LogP) is 7.15. The summed E-state index contributed by atoms with van der Waals surface area (Å²) in [4.78, 5) is 2.34. The second kappa shape index (κ2) is 7.46. The number of rotatable bonds is 5. The number of benzene rings is 3. The molecule has 3 aromatic carbocycles. The van der Waals surface area contributed by atoms with Gasteiger partial charge in [0.25, 0.3) is 0 Å². The van der Waals surface area contributed by atoms with Crippen molar-refractivity contribution in [1.82, 2.24) is 0 Å². The molecular formula is C23H22Cl2N2. The molecule has 0 fully saturated rings. The molecule has 0 aliphatic heterocycles. The minimum absolute atomic E-state index is 0.693. The lowest BCUT2D eigenvalue weighted by Crippen LogP contribution is -2.21. The SMILES string of the molecule is CCN(CC)c1ccc(Nc2ccc3c(c2)-c2c(Cl)cc(Cl)cc2C3)cc1. The second-order valence-corrected chi connectivity index (χ2v) is 7.66. The van der Waals surface area contributed by atoms with E-state index in [1.54, 1.807) is 0 Å². The number of fused-ring (bicyclic) bond motifs is 3. The van der Waals surface area contributed by atoms with Gasteiger partial charge in [-0.25, -0.2) is 0 Å². The Morgan fingerprint density at radius 2 is 1.56 bits per heavy atom. The van der Waals surface area contributed by atoms with E-state index in [0.29, 0.717) is 5.02 Å². The molecule has 0 saturated heterocycles. The molecule has 0 aromatic heterocycles. The molecule has 0 amide bonds. The quantitative estimate of drug-likeness (QED) is 0.385. The first-order chi connectivity index (χ1) is 13.1. The van der Waals surface area contributed by atoms with Gasteiger partial charge in [0, 0.05) is 40.7 Å². The summed E-state index contributed by atoms with van der Waals surface area (Å²) in [5.74, 6) is 0. The maximum Gasteiger partial charge on any atom is 0.0502 e. The smallest absolute Gasteiger partial charge is 0.0502 e. The van der Waals surface area contributed by atoms with Gasteiger partial charge in [0.15, 0.2) is 0 Å². The highest BCUT2D eigenvalue weighted by atomic mass is 35.5. The van der Waals surface area contributed by atoms with Crippen molar-refractivity contribution in [2.24, 2.45) is 0 Å². The monoisotopic (exact) mass is 396 g/mol. The average Bonchev–Trinajstić information content (AvgIpc) is 3.01. The molecule has 0 bridgehead atoms. The number of hydrogen-bond donors (Lipinski definition) is 1. The van der Waals surface area contributed by atoms with E-state index in [2.05, 4.69) is 66.5 Å². The number of hydrogen-bond acceptors (Lipinski definition) is 2. The maximum absolute atomic E-state index is 6.48. The minimum Gasteiger partial charge on any atom is -0.372 e. The van der Waals surface area contributed by atoms with Gasteiger partial charge >= 0.3 is 0 Å². The minimum atomic E-state index is 0.693. The van der Waals surface area contributed by atoms with Crippen LogP contribution in [0.15, 0.2) is 54.6 Å². The van der Waals surface area contributed by atoms with E-state index in [1.807, 2.05) is 12.1 Å². The summed E-state index contributed by atoms with van der Waals surface area (Å²) < 4.78 is 0. The molecule has 0 saturated carbocycles. The van der Waals surface area contributed by atoms with E-state index >= 15 is 0 Å². The van der Waals surface area contributed by atoms with Crippen LogP contribution in [0.2, 0.25) is 10.0 Å². The van der Waals surface area contributed by atoms with Gasteiger partial charge in [-0.05, 0) is 85.5 Å². The van der Waals surface area contributed by atoms with Gasteiger partial charge in [0.1, 0.15) is 0 Å². The van der Waals surface area contributed by atoms with Gasteiger partial charge in [0.05, 0.1) is 5.02 Å². The Kier molecular flexibility index (Phi) is 5.03. The van der Waals surface area contributed by atoms with E-state index in [-0.39, 0.29) is 0 Å². The largest absolute Gasteiger partial charge is 0.372 e. The number of halogens is 2. The van der Waals surface area contributed by atoms with Crippen molar-refractivity contribution in [2.75, 3.05) is 23.3 Å². The molecule has 138 valence electrons. The zero-order valence-electron chi connectivity index (χ0n) is 15.5. The molecule has 4 rings (SSSR count). The normalized spacial score (nSPS) is 11.9. The second-order valence-electron chi connectivity index (χ2n) is 6.81. The van der Waals surface area contributed by atoms with E-state index in [0.717, 1.165) is 41.5 Å². The first-order valence-corrected chi connectivity index (χ1v) is 10.1. The topological polar surface area (TPSA) is 15.3 Å². The molecular weight excluding hydrogens is 375 g/mol. The summed E-state index contributed by atoms with van der Waals surface area (Å²) in [6.45, 7) is 6.38. The lowest BCUT2D eigenvalue weighted by Gasteiger charge is -2.21. The molecule has 3 aromatic rings. The van der Waals surface area contributed by atoms with Crippen LogP contribution in [-0.4, -0.2) is 13.1 Å². The molecule has 1 aliphatic rings. The molecule has 0 atom stereocenters. The molecule has 0 heterocycles. The van der Waals surface area contributed by atoms with Gasteiger partial charge in [-0.15, -0.1) is 0 Å². The fourth-order valence-corrected chi connectivity index (χ4v) is 4.46. The molecule has 0 unspecified atom stereocenters. The highest BCUT2D eigenvalue weighted by molar-refractivity contribution is 6.37. The number of anilines is 3. The first-order valence-electron chi connectivity index (χ1n) is 9.32. The van der Waals surface area contributed by atoms with Crippen molar-refractivity contribution >= 4 is 40.3 Å². The molecule has 1 aliphatic carbocycles. The van der Waals surface area contributed by atoms with Crippen molar-refractivity contribution in [1.29, 1.82) is 0 Å². The van der Waals surface area contributed by atoms with Crippen LogP contribution >= 0.6 is 23.2 Å². The van der Waals surface area contributed by atoms with Crippen LogP contribution in [0.5, 0.6) is 0 Å². The van der Waals surface area contributed by atoms with Gasteiger partial charge in [0.2, 0.25) is 0 Å². The summed E-state index contributed by atoms with van der Waals surface area (Å²) in [6.07, 6.45) is 0.879. The van der Waals surface area contributed by atoms with E-state index in [9.17, 15) is 0 Å². The standard InChI is InChI=1S/C23H22Cl2N2/c1-3-27(4-2)20-9-7-18(8-10-20)26-19-6-5-15-11-16-12-17(24)13-22(25)23(16)21(15)14-19/h5-10,12-14,26H,3-4,11H2,1-2H3. The summed E-state index contributed by atoms with van der Waals surface area (Å²) in [5.41, 5.74) is 8.17. The van der Waals surface area contributed by atoms with E-state index in [4.69, 9.17) is 23.2 Å². The third-order valence-electron chi connectivity index (χ3n) is 5.18. The fourth-order valence-electron chi connectivity index (χ4n) is 3.83. The molecule has 0 radical (unpaired) electrons. The third-order valence-corrected chi connectivity index (χ3v) is 5.70. The van der Waals surface area contributed by atoms with Gasteiger partial charge in [-0.2, -0.15) is 0 Å². The predicted molar refractivity (Wildman–Crippen MR) is 118 cm³/mol. The van der Waals surface area contributed by atoms with Crippen molar-refractivity contribution in [3.63, 3.8) is 0 Å². The van der Waals surface area contributed by atoms with Crippen molar-refractivity contribution in [2.45, 2.75) is 20.3 Å². The Balaban J connectivity index is 1.60. The van der Waals surface area contributed by atoms with Crippen LogP contribution in [-0.2, 0) is 6.42 Å². The molecule has 1 N–H and O–H groups in total. The summed E-state index contributed by atoms with van der Waals surface area (Å²) in [7, 11) is 0. The van der Waals surface area contributed by atoms with Gasteiger partial charge in [-0.1, -0.05) is 29.3 Å². The molecule has 2 nitrogen and oxygen atoms in total. The van der Waals surface area contributed by atoms with Crippen LogP contribution in [0, 0.1) is 0 Å². The Morgan fingerprint density at radius 3 is 2.26 bits per heavy atom. The van der Waals surface area contributed by atoms with E-state index in [1.165, 1.54) is 22.4 Å². The van der Waals surface area contributed by atoms with Crippen LogP contribution < -0.4 is 10.2 Å². The summed E-state index contributed by atoms with van der Waals surface area (Å²) in [5, 5.41) is 4.92. The van der Waals surface area contributed by atoms with Crippen molar-refractivity contribution in [3.05, 3.63) is 75.8 Å². The van der Waals surface area contributed by atoms with Crippen LogP contribution in [0.1, 0.15) is 25.0 Å². The Labute approximate surface area is 170 Å². The molecule has 27 heavy (non-hydrogen) atoms. The average molecular weight is 397 g/mol. The summed E-state index contributed by atoms with van der Waals surface area (Å²) in [6, 6.07) is 18.9. The summed E-state index contributed by atoms with van der Waals surface area (Å²) >= 11 is 12.6. The highest BCUT2D eigenvalue weighted by Gasteiger charge is 2.22. The van der Waals surface area contributed by atoms with Crippen molar-refractivity contribution < 1.29 is 0 Å². The van der Waals surface area contributed by atoms with Crippen molar-refractivity contribution in [3.8, 4) is 11.1 Å².